The average Bonchev–Trinajstić information content (AvgIpc) is 2.96. The van der Waals surface area contributed by atoms with Gasteiger partial charge >= 0.3 is 0 Å². The third kappa shape index (κ3) is 1.98. The molecule has 3 heteroatoms. The van der Waals surface area contributed by atoms with Gasteiger partial charge in [-0.2, -0.15) is 0 Å². The summed E-state index contributed by atoms with van der Waals surface area (Å²) in [6.07, 6.45) is 1.62. The molecule has 1 saturated heterocycles. The summed E-state index contributed by atoms with van der Waals surface area (Å²) in [6, 6.07) is 6.06. The van der Waals surface area contributed by atoms with Gasteiger partial charge in [-0.05, 0) is 36.1 Å². The van der Waals surface area contributed by atoms with Crippen LogP contribution in [0, 0.1) is 0 Å². The highest BCUT2D eigenvalue weighted by Crippen LogP contribution is 2.26. The van der Waals surface area contributed by atoms with Gasteiger partial charge in [0.15, 0.2) is 0 Å². The van der Waals surface area contributed by atoms with Gasteiger partial charge in [0.1, 0.15) is 18.5 Å². The van der Waals surface area contributed by atoms with Crippen LogP contribution in [0.2, 0.25) is 0 Å². The van der Waals surface area contributed by atoms with Crippen molar-refractivity contribution in [3.8, 4) is 5.75 Å². The molecule has 15 heavy (non-hydrogen) atoms. The van der Waals surface area contributed by atoms with Crippen LogP contribution in [0.15, 0.2) is 18.2 Å². The monoisotopic (exact) mass is 206 g/mol. The predicted octanol–water partition coefficient (Wildman–Crippen LogP) is 0.924. The second-order valence-corrected chi connectivity index (χ2v) is 4.26. The van der Waals surface area contributed by atoms with Crippen molar-refractivity contribution in [3.05, 3.63) is 29.3 Å². The number of rotatable bonds is 3. The lowest BCUT2D eigenvalue weighted by Crippen LogP contribution is -2.04. The maximum absolute atomic E-state index is 9.51. The number of ether oxygens (including phenoxy) is 2. The fraction of sp³-hybridized carbons (Fsp3) is 0.500. The normalized spacial score (nSPS) is 27.5. The summed E-state index contributed by atoms with van der Waals surface area (Å²) in [5.41, 5.74) is 2.47. The van der Waals surface area contributed by atoms with E-state index in [9.17, 15) is 5.11 Å². The number of fused-ring (bicyclic) bond motifs is 1. The van der Waals surface area contributed by atoms with E-state index in [1.807, 2.05) is 12.1 Å². The minimum Gasteiger partial charge on any atom is -0.491 e. The molecule has 0 aromatic heterocycles. The Morgan fingerprint density at radius 3 is 2.93 bits per heavy atom. The third-order valence-corrected chi connectivity index (χ3v) is 2.93. The molecular formula is C12H14O3. The van der Waals surface area contributed by atoms with Crippen LogP contribution in [0.1, 0.15) is 11.1 Å². The summed E-state index contributed by atoms with van der Waals surface area (Å²) in [6.45, 7) is 1.46. The highest BCUT2D eigenvalue weighted by molar-refractivity contribution is 5.39. The molecule has 2 unspecified atom stereocenters. The molecule has 3 nitrogen and oxygen atoms in total. The van der Waals surface area contributed by atoms with E-state index in [4.69, 9.17) is 9.47 Å². The predicted molar refractivity (Wildman–Crippen MR) is 55.1 cm³/mol. The van der Waals surface area contributed by atoms with Crippen molar-refractivity contribution >= 4 is 0 Å². The Morgan fingerprint density at radius 1 is 1.33 bits per heavy atom. The number of aliphatic hydroxyl groups excluding tert-OH is 1. The molecule has 0 spiro atoms. The van der Waals surface area contributed by atoms with Crippen LogP contribution < -0.4 is 4.74 Å². The Bertz CT molecular complexity index is 371. The van der Waals surface area contributed by atoms with Gasteiger partial charge in [-0.25, -0.2) is 0 Å². The molecule has 1 aliphatic heterocycles. The zero-order chi connectivity index (χ0) is 10.3. The molecule has 3 rings (SSSR count). The maximum Gasteiger partial charge on any atom is 0.119 e. The van der Waals surface area contributed by atoms with Crippen molar-refractivity contribution in [2.75, 3.05) is 13.2 Å². The first kappa shape index (κ1) is 9.19. The van der Waals surface area contributed by atoms with Crippen LogP contribution in [0.3, 0.4) is 0 Å². The molecule has 2 atom stereocenters. The van der Waals surface area contributed by atoms with E-state index in [-0.39, 0.29) is 6.10 Å². The van der Waals surface area contributed by atoms with E-state index < -0.39 is 0 Å². The van der Waals surface area contributed by atoms with Crippen LogP contribution in [-0.4, -0.2) is 30.5 Å². The first-order valence-electron chi connectivity index (χ1n) is 5.35. The van der Waals surface area contributed by atoms with Gasteiger partial charge < -0.3 is 14.6 Å². The minimum absolute atomic E-state index is 0.206. The second kappa shape index (κ2) is 3.51. The summed E-state index contributed by atoms with van der Waals surface area (Å²) in [5.74, 6) is 0.887. The fourth-order valence-corrected chi connectivity index (χ4v) is 2.01. The molecule has 1 heterocycles. The van der Waals surface area contributed by atoms with Crippen molar-refractivity contribution in [2.24, 2.45) is 0 Å². The van der Waals surface area contributed by atoms with Gasteiger partial charge in [0.2, 0.25) is 0 Å². The van der Waals surface area contributed by atoms with Crippen LogP contribution >= 0.6 is 0 Å². The summed E-state index contributed by atoms with van der Waals surface area (Å²) in [5, 5.41) is 9.51. The zero-order valence-corrected chi connectivity index (χ0v) is 8.48. The molecule has 1 N–H and O–H groups in total. The molecule has 0 amide bonds. The standard InChI is InChI=1S/C12H14O3/c13-10-3-8-1-2-11(5-9(8)4-10)14-6-12-7-15-12/h1-2,5,10,12-13H,3-4,6-7H2. The molecule has 1 fully saturated rings. The van der Waals surface area contributed by atoms with Gasteiger partial charge in [0.05, 0.1) is 12.7 Å². The van der Waals surface area contributed by atoms with Crippen LogP contribution in [0.4, 0.5) is 0 Å². The lowest BCUT2D eigenvalue weighted by molar-refractivity contribution is 0.187. The molecule has 0 saturated carbocycles. The van der Waals surface area contributed by atoms with E-state index in [1.165, 1.54) is 11.1 Å². The minimum atomic E-state index is -0.206. The van der Waals surface area contributed by atoms with Crippen LogP contribution in [-0.2, 0) is 17.6 Å². The Morgan fingerprint density at radius 2 is 2.13 bits per heavy atom. The van der Waals surface area contributed by atoms with Gasteiger partial charge in [0.25, 0.3) is 0 Å². The summed E-state index contributed by atoms with van der Waals surface area (Å²) in [4.78, 5) is 0. The zero-order valence-electron chi connectivity index (χ0n) is 8.48. The molecular weight excluding hydrogens is 192 g/mol. The molecule has 2 aliphatic rings. The Labute approximate surface area is 88.6 Å². The lowest BCUT2D eigenvalue weighted by Gasteiger charge is -2.06. The Kier molecular flexibility index (Phi) is 2.15. The van der Waals surface area contributed by atoms with Gasteiger partial charge in [0, 0.05) is 0 Å². The maximum atomic E-state index is 9.51. The van der Waals surface area contributed by atoms with Crippen LogP contribution in [0.25, 0.3) is 0 Å². The fourth-order valence-electron chi connectivity index (χ4n) is 2.01. The smallest absolute Gasteiger partial charge is 0.119 e. The van der Waals surface area contributed by atoms with Crippen molar-refractivity contribution in [1.82, 2.24) is 0 Å². The molecule has 1 aliphatic carbocycles. The van der Waals surface area contributed by atoms with Gasteiger partial charge in [-0.3, -0.25) is 0 Å². The Balaban J connectivity index is 1.71. The second-order valence-electron chi connectivity index (χ2n) is 4.26. The number of benzene rings is 1. The molecule has 1 aromatic rings. The lowest BCUT2D eigenvalue weighted by atomic mass is 10.1. The van der Waals surface area contributed by atoms with E-state index in [1.54, 1.807) is 0 Å². The molecule has 1 aromatic carbocycles. The van der Waals surface area contributed by atoms with Crippen molar-refractivity contribution < 1.29 is 14.6 Å². The quantitative estimate of drug-likeness (QED) is 0.748. The summed E-state index contributed by atoms with van der Waals surface area (Å²) in [7, 11) is 0. The van der Waals surface area contributed by atoms with Crippen molar-refractivity contribution in [1.29, 1.82) is 0 Å². The van der Waals surface area contributed by atoms with Gasteiger partial charge in [-0.15, -0.1) is 0 Å². The van der Waals surface area contributed by atoms with E-state index in [0.29, 0.717) is 12.7 Å². The molecule has 0 radical (unpaired) electrons. The SMILES string of the molecule is OC1Cc2ccc(OCC3CO3)cc2C1. The van der Waals surface area contributed by atoms with Crippen molar-refractivity contribution in [2.45, 2.75) is 25.0 Å². The topological polar surface area (TPSA) is 42.0 Å². The highest BCUT2D eigenvalue weighted by atomic mass is 16.6. The van der Waals surface area contributed by atoms with E-state index in [2.05, 4.69) is 6.07 Å². The summed E-state index contributed by atoms with van der Waals surface area (Å²) >= 11 is 0. The average molecular weight is 206 g/mol. The number of hydrogen-bond donors (Lipinski definition) is 1. The highest BCUT2D eigenvalue weighted by Gasteiger charge is 2.24. The number of epoxide rings is 1. The summed E-state index contributed by atoms with van der Waals surface area (Å²) < 4.78 is 10.7. The number of aliphatic hydroxyl groups is 1. The Hall–Kier alpha value is -1.06. The van der Waals surface area contributed by atoms with E-state index >= 15 is 0 Å². The largest absolute Gasteiger partial charge is 0.491 e. The molecule has 0 bridgehead atoms. The third-order valence-electron chi connectivity index (χ3n) is 2.93. The van der Waals surface area contributed by atoms with E-state index in [0.717, 1.165) is 25.2 Å². The molecule has 80 valence electrons. The first-order valence-corrected chi connectivity index (χ1v) is 5.35. The van der Waals surface area contributed by atoms with Gasteiger partial charge in [-0.1, -0.05) is 6.07 Å². The van der Waals surface area contributed by atoms with Crippen LogP contribution in [0.5, 0.6) is 5.75 Å². The first-order chi connectivity index (χ1) is 7.31. The van der Waals surface area contributed by atoms with Crippen molar-refractivity contribution in [3.63, 3.8) is 0 Å². The number of hydrogen-bond acceptors (Lipinski definition) is 3.